The van der Waals surface area contributed by atoms with Gasteiger partial charge in [0.05, 0.1) is 6.17 Å². The molecular weight excluding hydrogens is 275 g/mol. The van der Waals surface area contributed by atoms with Crippen LogP contribution in [0.3, 0.4) is 0 Å². The standard InChI is InChI=1S/C16H31FO2S/c1-12(2)14(15(18)19-16(4,5)6)20-11-9-7-8-10-13(3)17/h12-14H,7-11H2,1-6H3. The van der Waals surface area contributed by atoms with Crippen molar-refractivity contribution < 1.29 is 13.9 Å². The molecule has 4 heteroatoms. The van der Waals surface area contributed by atoms with Crippen LogP contribution in [0.2, 0.25) is 0 Å². The van der Waals surface area contributed by atoms with E-state index in [-0.39, 0.29) is 17.1 Å². The van der Waals surface area contributed by atoms with Crippen molar-refractivity contribution in [1.29, 1.82) is 0 Å². The SMILES string of the molecule is CC(F)CCCCCSC(C(=O)OC(C)(C)C)C(C)C. The fourth-order valence-electron chi connectivity index (χ4n) is 1.81. The molecule has 2 nitrogen and oxygen atoms in total. The molecule has 0 aliphatic carbocycles. The molecule has 0 rings (SSSR count). The molecule has 0 radical (unpaired) electrons. The molecule has 2 unspecified atom stereocenters. The Balaban J connectivity index is 4.01. The normalized spacial score (nSPS) is 15.2. The van der Waals surface area contributed by atoms with Crippen LogP contribution in [-0.2, 0) is 9.53 Å². The molecule has 0 aliphatic heterocycles. The highest BCUT2D eigenvalue weighted by Crippen LogP contribution is 2.24. The molecule has 0 amide bonds. The zero-order valence-electron chi connectivity index (χ0n) is 13.9. The average Bonchev–Trinajstić information content (AvgIpc) is 2.24. The van der Waals surface area contributed by atoms with Gasteiger partial charge in [-0.25, -0.2) is 4.39 Å². The van der Waals surface area contributed by atoms with E-state index in [4.69, 9.17) is 4.74 Å². The van der Waals surface area contributed by atoms with E-state index >= 15 is 0 Å². The van der Waals surface area contributed by atoms with Crippen molar-refractivity contribution in [3.05, 3.63) is 0 Å². The van der Waals surface area contributed by atoms with Gasteiger partial charge in [-0.3, -0.25) is 4.79 Å². The highest BCUT2D eigenvalue weighted by atomic mass is 32.2. The highest BCUT2D eigenvalue weighted by molar-refractivity contribution is 8.00. The molecule has 120 valence electrons. The van der Waals surface area contributed by atoms with E-state index < -0.39 is 11.8 Å². The molecule has 0 fully saturated rings. The number of ether oxygens (including phenoxy) is 1. The lowest BCUT2D eigenvalue weighted by Gasteiger charge is -2.25. The molecule has 2 atom stereocenters. The second kappa shape index (κ2) is 9.64. The zero-order valence-corrected chi connectivity index (χ0v) is 14.7. The van der Waals surface area contributed by atoms with Gasteiger partial charge in [0.15, 0.2) is 0 Å². The Bertz CT molecular complexity index is 272. The van der Waals surface area contributed by atoms with Crippen LogP contribution in [0.15, 0.2) is 0 Å². The summed E-state index contributed by atoms with van der Waals surface area (Å²) in [5, 5.41) is -0.102. The van der Waals surface area contributed by atoms with Gasteiger partial charge < -0.3 is 4.74 Å². The third-order valence-corrected chi connectivity index (χ3v) is 4.41. The van der Waals surface area contributed by atoms with Gasteiger partial charge in [-0.2, -0.15) is 0 Å². The van der Waals surface area contributed by atoms with Gasteiger partial charge in [0.2, 0.25) is 0 Å². The number of alkyl halides is 1. The number of rotatable bonds is 9. The third-order valence-electron chi connectivity index (χ3n) is 2.79. The van der Waals surface area contributed by atoms with Crippen molar-refractivity contribution in [2.45, 2.75) is 84.2 Å². The van der Waals surface area contributed by atoms with Gasteiger partial charge in [0.25, 0.3) is 0 Å². The topological polar surface area (TPSA) is 26.3 Å². The summed E-state index contributed by atoms with van der Waals surface area (Å²) in [7, 11) is 0. The molecule has 20 heavy (non-hydrogen) atoms. The monoisotopic (exact) mass is 306 g/mol. The molecular formula is C16H31FO2S. The predicted octanol–water partition coefficient (Wildman–Crippen LogP) is 5.00. The molecule has 0 bridgehead atoms. The first-order valence-corrected chi connectivity index (χ1v) is 8.67. The van der Waals surface area contributed by atoms with Gasteiger partial charge >= 0.3 is 5.97 Å². The second-order valence-corrected chi connectivity index (χ2v) is 7.95. The summed E-state index contributed by atoms with van der Waals surface area (Å²) in [4.78, 5) is 12.1. The van der Waals surface area contributed by atoms with E-state index in [2.05, 4.69) is 0 Å². The van der Waals surface area contributed by atoms with Crippen molar-refractivity contribution in [2.24, 2.45) is 5.92 Å². The first kappa shape index (κ1) is 19.8. The number of carbonyl (C=O) groups is 1. The van der Waals surface area contributed by atoms with Crippen LogP contribution in [0.1, 0.15) is 67.2 Å². The summed E-state index contributed by atoms with van der Waals surface area (Å²) < 4.78 is 18.1. The Labute approximate surface area is 128 Å². The fraction of sp³-hybridized carbons (Fsp3) is 0.938. The van der Waals surface area contributed by atoms with Gasteiger partial charge in [-0.1, -0.05) is 26.7 Å². The Kier molecular flexibility index (Phi) is 9.52. The number of hydrogen-bond acceptors (Lipinski definition) is 3. The maximum Gasteiger partial charge on any atom is 0.319 e. The summed E-state index contributed by atoms with van der Waals surface area (Å²) in [6.45, 7) is 11.4. The second-order valence-electron chi connectivity index (χ2n) is 6.70. The summed E-state index contributed by atoms with van der Waals surface area (Å²) in [6, 6.07) is 0. The number of hydrogen-bond donors (Lipinski definition) is 0. The number of unbranched alkanes of at least 4 members (excludes halogenated alkanes) is 2. The van der Waals surface area contributed by atoms with E-state index in [9.17, 15) is 9.18 Å². The Hall–Kier alpha value is -0.250. The Morgan fingerprint density at radius 1 is 1.15 bits per heavy atom. The maximum atomic E-state index is 12.6. The van der Waals surface area contributed by atoms with Crippen LogP contribution < -0.4 is 0 Å². The Morgan fingerprint density at radius 3 is 2.20 bits per heavy atom. The third kappa shape index (κ3) is 10.5. The van der Waals surface area contributed by atoms with Crippen LogP contribution in [-0.4, -0.2) is 28.7 Å². The molecule has 0 aromatic heterocycles. The minimum atomic E-state index is -0.701. The van der Waals surface area contributed by atoms with Gasteiger partial charge in [0.1, 0.15) is 10.9 Å². The molecule has 0 spiro atoms. The quantitative estimate of drug-likeness (QED) is 0.443. The van der Waals surface area contributed by atoms with Crippen molar-refractivity contribution >= 4 is 17.7 Å². The molecule has 0 saturated heterocycles. The first-order chi connectivity index (χ1) is 9.13. The number of esters is 1. The van der Waals surface area contributed by atoms with E-state index in [0.29, 0.717) is 6.42 Å². The summed E-state index contributed by atoms with van der Waals surface area (Å²) >= 11 is 1.67. The van der Waals surface area contributed by atoms with Crippen LogP contribution in [0.25, 0.3) is 0 Å². The van der Waals surface area contributed by atoms with Gasteiger partial charge in [-0.05, 0) is 52.2 Å². The fourth-order valence-corrected chi connectivity index (χ4v) is 3.00. The van der Waals surface area contributed by atoms with Crippen LogP contribution in [0.5, 0.6) is 0 Å². The molecule has 0 aliphatic rings. The van der Waals surface area contributed by atoms with Crippen molar-refractivity contribution in [2.75, 3.05) is 5.75 Å². The summed E-state index contributed by atoms with van der Waals surface area (Å²) in [5.41, 5.74) is -0.429. The summed E-state index contributed by atoms with van der Waals surface area (Å²) in [6.07, 6.45) is 2.93. The van der Waals surface area contributed by atoms with Crippen LogP contribution in [0, 0.1) is 5.92 Å². The van der Waals surface area contributed by atoms with Crippen molar-refractivity contribution in [3.8, 4) is 0 Å². The molecule has 0 N–H and O–H groups in total. The van der Waals surface area contributed by atoms with E-state index in [1.54, 1.807) is 18.7 Å². The lowest BCUT2D eigenvalue weighted by atomic mass is 10.1. The predicted molar refractivity (Wildman–Crippen MR) is 86.0 cm³/mol. The molecule has 0 aromatic rings. The van der Waals surface area contributed by atoms with Crippen molar-refractivity contribution in [1.82, 2.24) is 0 Å². The number of thioether (sulfide) groups is 1. The van der Waals surface area contributed by atoms with Crippen LogP contribution in [0.4, 0.5) is 4.39 Å². The van der Waals surface area contributed by atoms with Crippen molar-refractivity contribution in [3.63, 3.8) is 0 Å². The lowest BCUT2D eigenvalue weighted by Crippen LogP contribution is -2.33. The molecule has 0 heterocycles. The molecule has 0 aromatic carbocycles. The van der Waals surface area contributed by atoms with Crippen LogP contribution >= 0.6 is 11.8 Å². The minimum absolute atomic E-state index is 0.102. The lowest BCUT2D eigenvalue weighted by molar-refractivity contribution is -0.154. The average molecular weight is 306 g/mol. The molecule has 0 saturated carbocycles. The van der Waals surface area contributed by atoms with E-state index in [1.165, 1.54) is 0 Å². The minimum Gasteiger partial charge on any atom is -0.459 e. The first-order valence-electron chi connectivity index (χ1n) is 7.62. The number of halogens is 1. The van der Waals surface area contributed by atoms with Gasteiger partial charge in [0, 0.05) is 0 Å². The summed E-state index contributed by atoms with van der Waals surface area (Å²) in [5.74, 6) is 1.08. The van der Waals surface area contributed by atoms with E-state index in [0.717, 1.165) is 25.0 Å². The zero-order chi connectivity index (χ0) is 15.8. The smallest absolute Gasteiger partial charge is 0.319 e. The van der Waals surface area contributed by atoms with Gasteiger partial charge in [-0.15, -0.1) is 11.8 Å². The highest BCUT2D eigenvalue weighted by Gasteiger charge is 2.27. The largest absolute Gasteiger partial charge is 0.459 e. The Morgan fingerprint density at radius 2 is 1.75 bits per heavy atom. The maximum absolute atomic E-state index is 12.6. The number of carbonyl (C=O) groups excluding carboxylic acids is 1. The van der Waals surface area contributed by atoms with E-state index in [1.807, 2.05) is 34.6 Å².